The zero-order valence-corrected chi connectivity index (χ0v) is 18.7. The van der Waals surface area contributed by atoms with Gasteiger partial charge in [-0.25, -0.2) is 0 Å². The summed E-state index contributed by atoms with van der Waals surface area (Å²) in [5.74, 6) is 1.94. The molecule has 4 fully saturated rings. The van der Waals surface area contributed by atoms with Crippen LogP contribution >= 0.6 is 0 Å². The molecule has 3 saturated carbocycles. The number of carbonyl (C=O) groups is 1. The van der Waals surface area contributed by atoms with Crippen molar-refractivity contribution in [1.82, 2.24) is 0 Å². The Morgan fingerprint density at radius 2 is 1.79 bits per heavy atom. The Kier molecular flexibility index (Phi) is 4.81. The molecule has 1 saturated heterocycles. The van der Waals surface area contributed by atoms with Crippen LogP contribution in [0.1, 0.15) is 72.1 Å². The molecule has 4 heteroatoms. The molecule has 0 aromatic heterocycles. The molecule has 0 amide bonds. The number of Topliss-reactive ketones (excluding diaryl/α,β-unsaturated/α-hetero) is 1. The van der Waals surface area contributed by atoms with Crippen LogP contribution in [0.4, 0.5) is 0 Å². The van der Waals surface area contributed by atoms with E-state index < -0.39 is 5.79 Å². The van der Waals surface area contributed by atoms with Gasteiger partial charge in [-0.1, -0.05) is 25.5 Å². The lowest BCUT2D eigenvalue weighted by Crippen LogP contribution is -2.48. The van der Waals surface area contributed by atoms with Crippen molar-refractivity contribution in [2.75, 3.05) is 20.3 Å². The van der Waals surface area contributed by atoms with E-state index in [9.17, 15) is 4.79 Å². The Morgan fingerprint density at radius 1 is 1.03 bits per heavy atom. The first-order valence-corrected chi connectivity index (χ1v) is 11.8. The average Bonchev–Trinajstić information content (AvgIpc) is 3.23. The molecule has 0 aromatic rings. The number of hydrogen-bond acceptors (Lipinski definition) is 4. The van der Waals surface area contributed by atoms with Crippen molar-refractivity contribution in [1.29, 1.82) is 0 Å². The molecule has 5 aliphatic rings. The first-order valence-electron chi connectivity index (χ1n) is 11.8. The molecule has 5 rings (SSSR count). The van der Waals surface area contributed by atoms with E-state index in [0.29, 0.717) is 55.2 Å². The van der Waals surface area contributed by atoms with E-state index in [1.165, 1.54) is 6.42 Å². The lowest BCUT2D eigenvalue weighted by Gasteiger charge is -2.53. The summed E-state index contributed by atoms with van der Waals surface area (Å²) >= 11 is 0. The molecule has 0 radical (unpaired) electrons. The summed E-state index contributed by atoms with van der Waals surface area (Å²) in [5.41, 5.74) is 1.72. The Balaban J connectivity index is 1.50. The third kappa shape index (κ3) is 2.92. The molecule has 0 bridgehead atoms. The maximum Gasteiger partial charge on any atom is 0.169 e. The van der Waals surface area contributed by atoms with Gasteiger partial charge in [-0.2, -0.15) is 0 Å². The van der Waals surface area contributed by atoms with Crippen LogP contribution in [-0.2, 0) is 19.0 Å². The van der Waals surface area contributed by atoms with Crippen LogP contribution in [0.2, 0.25) is 0 Å². The second kappa shape index (κ2) is 6.90. The van der Waals surface area contributed by atoms with Gasteiger partial charge in [0, 0.05) is 25.9 Å². The highest BCUT2D eigenvalue weighted by atomic mass is 16.7. The molecular formula is C25H38O4. The third-order valence-electron chi connectivity index (χ3n) is 9.92. The number of allylic oxidation sites excluding steroid dienone is 1. The van der Waals surface area contributed by atoms with Crippen molar-refractivity contribution in [2.24, 2.45) is 34.5 Å². The van der Waals surface area contributed by atoms with Crippen molar-refractivity contribution >= 4 is 5.78 Å². The van der Waals surface area contributed by atoms with E-state index in [0.717, 1.165) is 38.5 Å². The molecule has 29 heavy (non-hydrogen) atoms. The van der Waals surface area contributed by atoms with Gasteiger partial charge in [0.2, 0.25) is 0 Å². The Labute approximate surface area is 175 Å². The standard InChI is InChI=1S/C25H38O4/c1-23-10-9-18(27-4)13-16(23)5-6-19-20-7-8-22(25(3)28-11-12-29-25)24(20,2)15-17(26)14-21(19)23/h5,18-22H,6-15H2,1-4H3. The van der Waals surface area contributed by atoms with Crippen LogP contribution in [0.3, 0.4) is 0 Å². The first-order chi connectivity index (χ1) is 13.8. The summed E-state index contributed by atoms with van der Waals surface area (Å²) in [6.45, 7) is 8.32. The van der Waals surface area contributed by atoms with E-state index >= 15 is 0 Å². The largest absolute Gasteiger partial charge is 0.381 e. The number of methoxy groups -OCH3 is 1. The van der Waals surface area contributed by atoms with E-state index in [-0.39, 0.29) is 10.8 Å². The Hall–Kier alpha value is -0.710. The SMILES string of the molecule is COC1CCC2(C)C(=CCC3C2CC(=O)CC2(C)C3CCC2C2(C)OCCO2)C1. The van der Waals surface area contributed by atoms with Gasteiger partial charge in [-0.05, 0) is 74.0 Å². The molecule has 7 unspecified atom stereocenters. The summed E-state index contributed by atoms with van der Waals surface area (Å²) < 4.78 is 17.9. The van der Waals surface area contributed by atoms with Gasteiger partial charge in [-0.3, -0.25) is 4.79 Å². The molecule has 7 atom stereocenters. The zero-order valence-electron chi connectivity index (χ0n) is 18.7. The lowest BCUT2D eigenvalue weighted by atomic mass is 9.52. The van der Waals surface area contributed by atoms with Crippen molar-refractivity contribution in [2.45, 2.75) is 84.0 Å². The van der Waals surface area contributed by atoms with Crippen molar-refractivity contribution < 1.29 is 19.0 Å². The van der Waals surface area contributed by atoms with Crippen LogP contribution in [0.5, 0.6) is 0 Å². The maximum absolute atomic E-state index is 13.4. The average molecular weight is 403 g/mol. The Bertz CT molecular complexity index is 708. The quantitative estimate of drug-likeness (QED) is 0.616. The highest BCUT2D eigenvalue weighted by molar-refractivity contribution is 5.80. The summed E-state index contributed by atoms with van der Waals surface area (Å²) in [4.78, 5) is 13.4. The summed E-state index contributed by atoms with van der Waals surface area (Å²) in [5, 5.41) is 0. The van der Waals surface area contributed by atoms with Crippen molar-refractivity contribution in [3.8, 4) is 0 Å². The summed E-state index contributed by atoms with van der Waals surface area (Å²) in [7, 11) is 1.84. The lowest BCUT2D eigenvalue weighted by molar-refractivity contribution is -0.207. The van der Waals surface area contributed by atoms with Gasteiger partial charge in [0.15, 0.2) is 5.79 Å². The maximum atomic E-state index is 13.4. The Morgan fingerprint density at radius 3 is 2.52 bits per heavy atom. The fraction of sp³-hybridized carbons (Fsp3) is 0.880. The molecular weight excluding hydrogens is 364 g/mol. The summed E-state index contributed by atoms with van der Waals surface area (Å²) in [6, 6.07) is 0. The monoisotopic (exact) mass is 402 g/mol. The second-order valence-corrected chi connectivity index (χ2v) is 11.1. The van der Waals surface area contributed by atoms with Crippen LogP contribution in [0, 0.1) is 34.5 Å². The highest BCUT2D eigenvalue weighted by Crippen LogP contribution is 2.66. The highest BCUT2D eigenvalue weighted by Gasteiger charge is 2.62. The molecule has 0 N–H and O–H groups in total. The van der Waals surface area contributed by atoms with Gasteiger partial charge >= 0.3 is 0 Å². The number of rotatable bonds is 2. The van der Waals surface area contributed by atoms with Gasteiger partial charge < -0.3 is 14.2 Å². The smallest absolute Gasteiger partial charge is 0.169 e. The van der Waals surface area contributed by atoms with Crippen LogP contribution < -0.4 is 0 Å². The van der Waals surface area contributed by atoms with Gasteiger partial charge in [0.05, 0.1) is 19.3 Å². The minimum atomic E-state index is -0.514. The minimum absolute atomic E-state index is 0.0129. The topological polar surface area (TPSA) is 44.8 Å². The minimum Gasteiger partial charge on any atom is -0.381 e. The van der Waals surface area contributed by atoms with Gasteiger partial charge in [0.25, 0.3) is 0 Å². The molecule has 1 aliphatic heterocycles. The zero-order chi connectivity index (χ0) is 20.4. The van der Waals surface area contributed by atoms with Crippen LogP contribution in [-0.4, -0.2) is 38.0 Å². The van der Waals surface area contributed by atoms with Crippen molar-refractivity contribution in [3.63, 3.8) is 0 Å². The predicted octanol–water partition coefficient (Wildman–Crippen LogP) is 4.91. The van der Waals surface area contributed by atoms with Crippen molar-refractivity contribution in [3.05, 3.63) is 11.6 Å². The van der Waals surface area contributed by atoms with Gasteiger partial charge in [0.1, 0.15) is 5.78 Å². The van der Waals surface area contributed by atoms with E-state index in [2.05, 4.69) is 26.8 Å². The van der Waals surface area contributed by atoms with E-state index in [1.807, 2.05) is 7.11 Å². The van der Waals surface area contributed by atoms with E-state index in [1.54, 1.807) is 5.57 Å². The predicted molar refractivity (Wildman–Crippen MR) is 111 cm³/mol. The number of hydrogen-bond donors (Lipinski definition) is 0. The fourth-order valence-corrected chi connectivity index (χ4v) is 8.44. The molecule has 1 heterocycles. The van der Waals surface area contributed by atoms with E-state index in [4.69, 9.17) is 14.2 Å². The molecule has 0 aromatic carbocycles. The number of ketones is 1. The molecule has 0 spiro atoms. The molecule has 4 nitrogen and oxygen atoms in total. The fourth-order valence-electron chi connectivity index (χ4n) is 8.44. The third-order valence-corrected chi connectivity index (χ3v) is 9.92. The first kappa shape index (κ1) is 20.2. The number of fused-ring (bicyclic) bond motifs is 5. The van der Waals surface area contributed by atoms with Crippen LogP contribution in [0.25, 0.3) is 0 Å². The summed E-state index contributed by atoms with van der Waals surface area (Å²) in [6.07, 6.45) is 11.1. The molecule has 162 valence electrons. The number of carbonyl (C=O) groups excluding carboxylic acids is 1. The number of ether oxygens (including phenoxy) is 3. The van der Waals surface area contributed by atoms with Crippen LogP contribution in [0.15, 0.2) is 11.6 Å². The van der Waals surface area contributed by atoms with Gasteiger partial charge in [-0.15, -0.1) is 0 Å². The normalized spacial score (nSPS) is 49.0. The second-order valence-electron chi connectivity index (χ2n) is 11.1. The molecule has 4 aliphatic carbocycles.